The zero-order valence-corrected chi connectivity index (χ0v) is 37.8. The fourth-order valence-corrected chi connectivity index (χ4v) is 8.48. The van der Waals surface area contributed by atoms with Gasteiger partial charge < -0.3 is 43.5 Å². The van der Waals surface area contributed by atoms with Crippen LogP contribution >= 0.6 is 0 Å². The first kappa shape index (κ1) is 47.8. The number of phenols is 2. The van der Waals surface area contributed by atoms with E-state index in [2.05, 4.69) is 33.6 Å². The highest BCUT2D eigenvalue weighted by Gasteiger charge is 2.43. The summed E-state index contributed by atoms with van der Waals surface area (Å²) in [4.78, 5) is 57.7. The first-order valence-electron chi connectivity index (χ1n) is 22.8. The van der Waals surface area contributed by atoms with E-state index in [0.717, 1.165) is 60.9 Å². The van der Waals surface area contributed by atoms with Crippen LogP contribution in [0.25, 0.3) is 0 Å². The Morgan fingerprint density at radius 2 is 1.40 bits per heavy atom. The van der Waals surface area contributed by atoms with Crippen molar-refractivity contribution in [3.05, 3.63) is 117 Å². The number of ether oxygens (including phenoxy) is 6. The highest BCUT2D eigenvalue weighted by atomic mass is 16.9. The van der Waals surface area contributed by atoms with Crippen molar-refractivity contribution in [1.29, 1.82) is 0 Å². The molecule has 67 heavy (non-hydrogen) atoms. The van der Waals surface area contributed by atoms with E-state index in [-0.39, 0.29) is 59.7 Å². The number of rotatable bonds is 23. The average molecular weight is 926 g/mol. The number of carbonyl (C=O) groups is 3. The Bertz CT molecular complexity index is 2320. The second kappa shape index (κ2) is 23.4. The summed E-state index contributed by atoms with van der Waals surface area (Å²) in [5.74, 6) is -1.18. The van der Waals surface area contributed by atoms with Gasteiger partial charge in [0.15, 0.2) is 6.23 Å². The second-order valence-electron chi connectivity index (χ2n) is 16.7. The third-order valence-electron chi connectivity index (χ3n) is 12.1. The van der Waals surface area contributed by atoms with E-state index >= 15 is 0 Å². The van der Waals surface area contributed by atoms with Crippen LogP contribution in [0.3, 0.4) is 0 Å². The van der Waals surface area contributed by atoms with Crippen LogP contribution in [0, 0.1) is 6.92 Å². The van der Waals surface area contributed by atoms with E-state index in [9.17, 15) is 24.6 Å². The lowest BCUT2D eigenvalue weighted by atomic mass is 10.1. The van der Waals surface area contributed by atoms with Gasteiger partial charge in [-0.25, -0.2) is 4.90 Å². The molecular formula is C49H59N5O13. The van der Waals surface area contributed by atoms with Crippen LogP contribution in [0.1, 0.15) is 65.3 Å². The number of hydrogen-bond acceptors (Lipinski definition) is 16. The van der Waals surface area contributed by atoms with Crippen LogP contribution in [0.15, 0.2) is 72.8 Å². The molecule has 2 saturated heterocycles. The quantitative estimate of drug-likeness (QED) is 0.0709. The molecule has 4 aromatic rings. The van der Waals surface area contributed by atoms with Crippen molar-refractivity contribution in [1.82, 2.24) is 25.2 Å². The van der Waals surface area contributed by atoms with Gasteiger partial charge in [-0.1, -0.05) is 60.2 Å². The minimum absolute atomic E-state index is 0.0575. The molecule has 8 rings (SSSR count). The smallest absolute Gasteiger partial charge is 0.267 e. The summed E-state index contributed by atoms with van der Waals surface area (Å²) >= 11 is 0. The maximum absolute atomic E-state index is 13.9. The molecule has 3 N–H and O–H groups in total. The molecule has 0 aliphatic carbocycles. The van der Waals surface area contributed by atoms with Crippen molar-refractivity contribution in [3.63, 3.8) is 0 Å². The third-order valence-corrected chi connectivity index (χ3v) is 12.1. The van der Waals surface area contributed by atoms with Gasteiger partial charge in [-0.2, -0.15) is 0 Å². The zero-order valence-electron chi connectivity index (χ0n) is 37.8. The second-order valence-corrected chi connectivity index (χ2v) is 16.7. The fourth-order valence-electron chi connectivity index (χ4n) is 8.48. The molecule has 2 fully saturated rings. The highest BCUT2D eigenvalue weighted by Crippen LogP contribution is 2.40. The summed E-state index contributed by atoms with van der Waals surface area (Å²) in [5, 5.41) is 21.3. The molecule has 1 atom stereocenters. The predicted octanol–water partition coefficient (Wildman–Crippen LogP) is 4.18. The molecule has 0 radical (unpaired) electrons. The molecule has 0 saturated carbocycles. The normalized spacial score (nSPS) is 17.5. The van der Waals surface area contributed by atoms with Gasteiger partial charge in [0, 0.05) is 70.4 Å². The van der Waals surface area contributed by atoms with Gasteiger partial charge in [-0.3, -0.25) is 33.9 Å². The van der Waals surface area contributed by atoms with Gasteiger partial charge in [-0.15, -0.1) is 0 Å². The van der Waals surface area contributed by atoms with Crippen molar-refractivity contribution in [3.8, 4) is 23.0 Å². The van der Waals surface area contributed by atoms with Gasteiger partial charge in [0.05, 0.1) is 70.6 Å². The molecule has 18 heteroatoms. The molecule has 4 aliphatic rings. The van der Waals surface area contributed by atoms with Crippen LogP contribution in [-0.4, -0.2) is 153 Å². The summed E-state index contributed by atoms with van der Waals surface area (Å²) in [6.07, 6.45) is -0.405. The molecule has 1 unspecified atom stereocenters. The Kier molecular flexibility index (Phi) is 16.7. The minimum Gasteiger partial charge on any atom is -0.507 e. The van der Waals surface area contributed by atoms with E-state index in [0.29, 0.717) is 83.7 Å². The van der Waals surface area contributed by atoms with Gasteiger partial charge in [-0.05, 0) is 41.3 Å². The molecular weight excluding hydrogens is 867 g/mol. The van der Waals surface area contributed by atoms with Crippen molar-refractivity contribution in [2.45, 2.75) is 45.8 Å². The summed E-state index contributed by atoms with van der Waals surface area (Å²) in [6.45, 7) is 12.2. The number of nitrogens with zero attached hydrogens (tertiary/aromatic N) is 4. The minimum atomic E-state index is -0.763. The Morgan fingerprint density at radius 1 is 0.716 bits per heavy atom. The largest absolute Gasteiger partial charge is 0.507 e. The first-order valence-corrected chi connectivity index (χ1v) is 22.8. The lowest BCUT2D eigenvalue weighted by Crippen LogP contribution is -2.47. The molecule has 358 valence electrons. The number of benzene rings is 4. The Labute approximate surface area is 389 Å². The third kappa shape index (κ3) is 12.1. The Morgan fingerprint density at radius 3 is 2.12 bits per heavy atom. The fraction of sp³-hybridized carbons (Fsp3) is 0.449. The molecule has 0 spiro atoms. The number of nitrogens with one attached hydrogen (secondary N) is 1. The number of carbonyl (C=O) groups excluding carboxylic acids is 3. The molecule has 4 aliphatic heterocycles. The Balaban J connectivity index is 0.645. The number of amides is 3. The van der Waals surface area contributed by atoms with Crippen molar-refractivity contribution in [2.24, 2.45) is 0 Å². The molecule has 0 aromatic heterocycles. The lowest BCUT2D eigenvalue weighted by molar-refractivity contribution is -0.259. The monoisotopic (exact) mass is 925 g/mol. The highest BCUT2D eigenvalue weighted by molar-refractivity contribution is 6.22. The molecule has 0 bridgehead atoms. The zero-order chi connectivity index (χ0) is 46.5. The van der Waals surface area contributed by atoms with Crippen LogP contribution in [0.2, 0.25) is 0 Å². The van der Waals surface area contributed by atoms with Gasteiger partial charge >= 0.3 is 0 Å². The standard InChI is InChI=1S/C49H59N5O13/c1-34-40(55)29-41(56)45(46(34)65-33-35-6-3-2-4-7-35)48(58)53-31-37-11-10-36(28-38(37)32-53)30-52-15-13-51(14-16-52)17-19-60-20-21-61-22-23-62-24-25-63-26-27-64-42-9-5-8-39-44(42)49(59)54(47(39)57)43-12-18-66-50-67-43/h2-11,28-29,43,50,55-56H,12-27,30-33H2,1H3. The number of fused-ring (bicyclic) bond motifs is 2. The average Bonchev–Trinajstić information content (AvgIpc) is 3.89. The summed E-state index contributed by atoms with van der Waals surface area (Å²) < 4.78 is 34.6. The van der Waals surface area contributed by atoms with Crippen molar-refractivity contribution < 1.29 is 62.7 Å². The molecule has 18 nitrogen and oxygen atoms in total. The first-order chi connectivity index (χ1) is 32.7. The maximum atomic E-state index is 13.9. The molecule has 4 heterocycles. The number of hydrogen-bond donors (Lipinski definition) is 3. The van der Waals surface area contributed by atoms with Crippen LogP contribution < -0.4 is 15.1 Å². The summed E-state index contributed by atoms with van der Waals surface area (Å²) in [6, 6.07) is 22.1. The molecule has 3 amide bonds. The van der Waals surface area contributed by atoms with Crippen LogP contribution in [0.5, 0.6) is 23.0 Å². The van der Waals surface area contributed by atoms with Crippen LogP contribution in [0.4, 0.5) is 0 Å². The number of phenolic OH excluding ortho intramolecular Hbond substituents is 2. The Hall–Kier alpha value is -5.67. The van der Waals surface area contributed by atoms with Gasteiger partial charge in [0.25, 0.3) is 17.7 Å². The predicted molar refractivity (Wildman–Crippen MR) is 241 cm³/mol. The number of aromatic hydroxyl groups is 2. The number of piperazine rings is 1. The van der Waals surface area contributed by atoms with E-state index in [1.807, 2.05) is 30.3 Å². The van der Waals surface area contributed by atoms with E-state index in [1.165, 1.54) is 11.6 Å². The lowest BCUT2D eigenvalue weighted by Gasteiger charge is -2.34. The maximum Gasteiger partial charge on any atom is 0.267 e. The summed E-state index contributed by atoms with van der Waals surface area (Å²) in [7, 11) is 0. The van der Waals surface area contributed by atoms with Crippen molar-refractivity contribution in [2.75, 3.05) is 98.8 Å². The van der Waals surface area contributed by atoms with E-state index in [1.54, 1.807) is 30.0 Å². The SMILES string of the molecule is Cc1c(O)cc(O)c(C(=O)N2Cc3ccc(CN4CCN(CCOCCOCCOCCOCCOc5cccc6c5C(=O)N(C5CCONO5)C6=O)CC4)cc3C2)c1OCc1ccccc1. The van der Waals surface area contributed by atoms with Crippen molar-refractivity contribution >= 4 is 17.7 Å². The van der Waals surface area contributed by atoms with E-state index < -0.39 is 18.0 Å². The summed E-state index contributed by atoms with van der Waals surface area (Å²) in [5.41, 5.74) is 7.49. The van der Waals surface area contributed by atoms with Crippen LogP contribution in [-0.2, 0) is 54.9 Å². The van der Waals surface area contributed by atoms with Gasteiger partial charge in [0.2, 0.25) is 0 Å². The van der Waals surface area contributed by atoms with Gasteiger partial charge in [0.1, 0.15) is 41.8 Å². The molecule has 4 aromatic carbocycles. The van der Waals surface area contributed by atoms with E-state index in [4.69, 9.17) is 38.1 Å². The number of imide groups is 1. The topological polar surface area (TPSA) is 190 Å².